The SMILES string of the molecule is Brc1cnc2c(c1)CCc1cc(C3CC3)cc(Br)c1[C@@H]2C1CCNCC1. The van der Waals surface area contributed by atoms with Crippen LogP contribution in [0.1, 0.15) is 65.5 Å². The number of fused-ring (bicyclic) bond motifs is 2. The van der Waals surface area contributed by atoms with Gasteiger partial charge in [0, 0.05) is 21.1 Å². The molecule has 1 N–H and O–H groups in total. The maximum atomic E-state index is 4.96. The van der Waals surface area contributed by atoms with Crippen molar-refractivity contribution in [3.05, 3.63) is 61.3 Å². The Bertz CT molecular complexity index is 838. The van der Waals surface area contributed by atoms with Crippen LogP contribution in [0.15, 0.2) is 33.3 Å². The Morgan fingerprint density at radius 1 is 0.923 bits per heavy atom. The molecular weight excluding hydrogens is 452 g/mol. The van der Waals surface area contributed by atoms with Gasteiger partial charge in [-0.25, -0.2) is 0 Å². The molecule has 1 aromatic heterocycles. The molecule has 1 aliphatic heterocycles. The number of benzene rings is 1. The maximum absolute atomic E-state index is 4.96. The van der Waals surface area contributed by atoms with Gasteiger partial charge in [-0.1, -0.05) is 22.0 Å². The third-order valence-electron chi connectivity index (χ3n) is 6.38. The van der Waals surface area contributed by atoms with Crippen LogP contribution < -0.4 is 5.32 Å². The van der Waals surface area contributed by atoms with Crippen LogP contribution in [0.5, 0.6) is 0 Å². The van der Waals surface area contributed by atoms with Gasteiger partial charge in [0.25, 0.3) is 0 Å². The van der Waals surface area contributed by atoms with Crippen molar-refractivity contribution in [3.8, 4) is 0 Å². The molecule has 26 heavy (non-hydrogen) atoms. The molecule has 136 valence electrons. The molecule has 1 saturated heterocycles. The third-order valence-corrected chi connectivity index (χ3v) is 7.47. The highest BCUT2D eigenvalue weighted by Crippen LogP contribution is 2.48. The van der Waals surface area contributed by atoms with E-state index in [0.29, 0.717) is 11.8 Å². The molecule has 0 amide bonds. The fraction of sp³-hybridized carbons (Fsp3) is 0.500. The molecule has 0 bridgehead atoms. The maximum Gasteiger partial charge on any atom is 0.0514 e. The second-order valence-corrected chi connectivity index (χ2v) is 9.88. The number of aryl methyl sites for hydroxylation is 2. The minimum absolute atomic E-state index is 0.417. The van der Waals surface area contributed by atoms with E-state index in [2.05, 4.69) is 55.4 Å². The first-order valence-electron chi connectivity index (χ1n) is 9.88. The predicted molar refractivity (Wildman–Crippen MR) is 113 cm³/mol. The van der Waals surface area contributed by atoms with Crippen LogP contribution in [0, 0.1) is 5.92 Å². The number of nitrogens with one attached hydrogen (secondary N) is 1. The molecule has 5 rings (SSSR count). The van der Waals surface area contributed by atoms with Crippen LogP contribution in [0.4, 0.5) is 0 Å². The predicted octanol–water partition coefficient (Wildman–Crippen LogP) is 5.71. The highest BCUT2D eigenvalue weighted by atomic mass is 79.9. The van der Waals surface area contributed by atoms with Gasteiger partial charge < -0.3 is 5.32 Å². The minimum Gasteiger partial charge on any atom is -0.317 e. The highest BCUT2D eigenvalue weighted by Gasteiger charge is 2.35. The Kier molecular flexibility index (Phi) is 4.70. The van der Waals surface area contributed by atoms with E-state index >= 15 is 0 Å². The van der Waals surface area contributed by atoms with Crippen LogP contribution in [0.25, 0.3) is 0 Å². The summed E-state index contributed by atoms with van der Waals surface area (Å²) in [5.74, 6) is 1.88. The summed E-state index contributed by atoms with van der Waals surface area (Å²) >= 11 is 7.62. The van der Waals surface area contributed by atoms with Gasteiger partial charge in [0.05, 0.1) is 5.69 Å². The fourth-order valence-corrected chi connectivity index (χ4v) is 6.06. The van der Waals surface area contributed by atoms with Gasteiger partial charge in [-0.2, -0.15) is 0 Å². The van der Waals surface area contributed by atoms with E-state index in [9.17, 15) is 0 Å². The summed E-state index contributed by atoms with van der Waals surface area (Å²) in [7, 11) is 0. The van der Waals surface area contributed by atoms with Crippen LogP contribution in [-0.2, 0) is 12.8 Å². The Morgan fingerprint density at radius 3 is 2.46 bits per heavy atom. The number of nitrogens with zero attached hydrogens (tertiary/aromatic N) is 1. The van der Waals surface area contributed by atoms with Crippen molar-refractivity contribution in [2.75, 3.05) is 13.1 Å². The first-order valence-corrected chi connectivity index (χ1v) is 11.5. The summed E-state index contributed by atoms with van der Waals surface area (Å²) < 4.78 is 2.42. The highest BCUT2D eigenvalue weighted by molar-refractivity contribution is 9.10. The lowest BCUT2D eigenvalue weighted by Crippen LogP contribution is -2.32. The standard InChI is InChI=1S/C22H24Br2N2/c23-18-10-16-4-3-15-9-17(13-1-2-13)11-19(24)20(15)21(22(16)26-12-18)14-5-7-25-8-6-14/h9-14,21,25H,1-8H2/t21-/m0/s1. The van der Waals surface area contributed by atoms with Crippen molar-refractivity contribution in [3.63, 3.8) is 0 Å². The Morgan fingerprint density at radius 2 is 1.69 bits per heavy atom. The summed E-state index contributed by atoms with van der Waals surface area (Å²) in [5.41, 5.74) is 7.37. The van der Waals surface area contributed by atoms with Crippen molar-refractivity contribution in [2.45, 2.75) is 50.4 Å². The van der Waals surface area contributed by atoms with Crippen molar-refractivity contribution in [2.24, 2.45) is 5.92 Å². The van der Waals surface area contributed by atoms with Gasteiger partial charge in [-0.3, -0.25) is 4.98 Å². The van der Waals surface area contributed by atoms with Gasteiger partial charge in [-0.05, 0) is 114 Å². The quantitative estimate of drug-likeness (QED) is 0.601. The number of rotatable bonds is 2. The summed E-state index contributed by atoms with van der Waals surface area (Å²) in [6.07, 6.45) is 9.40. The lowest BCUT2D eigenvalue weighted by Gasteiger charge is -2.32. The van der Waals surface area contributed by atoms with E-state index in [1.807, 2.05) is 6.20 Å². The smallest absolute Gasteiger partial charge is 0.0514 e. The average molecular weight is 476 g/mol. The van der Waals surface area contributed by atoms with Crippen molar-refractivity contribution < 1.29 is 0 Å². The van der Waals surface area contributed by atoms with Crippen molar-refractivity contribution in [1.29, 1.82) is 0 Å². The zero-order chi connectivity index (χ0) is 17.7. The summed E-state index contributed by atoms with van der Waals surface area (Å²) in [4.78, 5) is 4.96. The largest absolute Gasteiger partial charge is 0.317 e. The summed E-state index contributed by atoms with van der Waals surface area (Å²) in [6, 6.07) is 7.24. The number of piperidine rings is 1. The molecule has 4 heteroatoms. The van der Waals surface area contributed by atoms with E-state index in [-0.39, 0.29) is 0 Å². The molecule has 2 fully saturated rings. The van der Waals surface area contributed by atoms with E-state index in [0.717, 1.165) is 36.3 Å². The number of aromatic nitrogens is 1. The molecule has 0 unspecified atom stereocenters. The van der Waals surface area contributed by atoms with Gasteiger partial charge in [0.15, 0.2) is 0 Å². The van der Waals surface area contributed by atoms with Gasteiger partial charge in [0.2, 0.25) is 0 Å². The van der Waals surface area contributed by atoms with E-state index in [1.165, 1.54) is 47.0 Å². The lowest BCUT2D eigenvalue weighted by atomic mass is 9.76. The molecule has 2 nitrogen and oxygen atoms in total. The van der Waals surface area contributed by atoms with Crippen LogP contribution in [0.3, 0.4) is 0 Å². The average Bonchev–Trinajstić information content (AvgIpc) is 3.49. The van der Waals surface area contributed by atoms with Crippen LogP contribution in [-0.4, -0.2) is 18.1 Å². The number of hydrogen-bond acceptors (Lipinski definition) is 2. The molecule has 2 aromatic rings. The Hall–Kier alpha value is -0.710. The van der Waals surface area contributed by atoms with E-state index in [4.69, 9.17) is 4.98 Å². The molecule has 1 atom stereocenters. The number of pyridine rings is 1. The zero-order valence-corrected chi connectivity index (χ0v) is 18.1. The first kappa shape index (κ1) is 17.4. The monoisotopic (exact) mass is 474 g/mol. The van der Waals surface area contributed by atoms with Crippen LogP contribution >= 0.6 is 31.9 Å². The van der Waals surface area contributed by atoms with E-state index < -0.39 is 0 Å². The van der Waals surface area contributed by atoms with Crippen LogP contribution in [0.2, 0.25) is 0 Å². The molecule has 0 spiro atoms. The topological polar surface area (TPSA) is 24.9 Å². The number of hydrogen-bond donors (Lipinski definition) is 1. The minimum atomic E-state index is 0.417. The molecule has 1 aromatic carbocycles. The van der Waals surface area contributed by atoms with Crippen molar-refractivity contribution in [1.82, 2.24) is 10.3 Å². The summed E-state index contributed by atoms with van der Waals surface area (Å²) in [6.45, 7) is 2.25. The lowest BCUT2D eigenvalue weighted by molar-refractivity contribution is 0.338. The van der Waals surface area contributed by atoms with E-state index in [1.54, 1.807) is 11.1 Å². The molecule has 0 radical (unpaired) electrons. The summed E-state index contributed by atoms with van der Waals surface area (Å²) in [5, 5.41) is 3.53. The van der Waals surface area contributed by atoms with Gasteiger partial charge >= 0.3 is 0 Å². The molecule has 2 aliphatic carbocycles. The fourth-order valence-electron chi connectivity index (χ4n) is 4.92. The molecule has 2 heterocycles. The first-order chi connectivity index (χ1) is 12.7. The zero-order valence-electron chi connectivity index (χ0n) is 14.9. The Labute approximate surface area is 172 Å². The number of halogens is 2. The molecule has 1 saturated carbocycles. The normalized spacial score (nSPS) is 23.2. The Balaban J connectivity index is 1.67. The van der Waals surface area contributed by atoms with Crippen molar-refractivity contribution >= 4 is 31.9 Å². The molecular formula is C22H24Br2N2. The second-order valence-electron chi connectivity index (χ2n) is 8.11. The van der Waals surface area contributed by atoms with Gasteiger partial charge in [-0.15, -0.1) is 0 Å². The second kappa shape index (κ2) is 7.03. The third kappa shape index (κ3) is 3.18. The van der Waals surface area contributed by atoms with Gasteiger partial charge in [0.1, 0.15) is 0 Å². The molecule has 3 aliphatic rings.